The van der Waals surface area contributed by atoms with Crippen molar-refractivity contribution in [3.63, 3.8) is 0 Å². The van der Waals surface area contributed by atoms with Crippen molar-refractivity contribution >= 4 is 6.09 Å². The van der Waals surface area contributed by atoms with Crippen LogP contribution in [0, 0.1) is 0 Å². The highest BCUT2D eigenvalue weighted by atomic mass is 16.6. The number of nitrogens with one attached hydrogen (secondary N) is 1. The summed E-state index contributed by atoms with van der Waals surface area (Å²) >= 11 is 0. The van der Waals surface area contributed by atoms with Gasteiger partial charge in [0.1, 0.15) is 6.17 Å². The van der Waals surface area contributed by atoms with Gasteiger partial charge in [0.2, 0.25) is 0 Å². The lowest BCUT2D eigenvalue weighted by molar-refractivity contribution is -0.111. The zero-order valence-electron chi connectivity index (χ0n) is 6.16. The SMILES string of the molecule is O=C(O)N(O)C1CCCCN1. The van der Waals surface area contributed by atoms with E-state index in [1.807, 2.05) is 0 Å². The summed E-state index contributed by atoms with van der Waals surface area (Å²) < 4.78 is 0. The molecule has 64 valence electrons. The van der Waals surface area contributed by atoms with Gasteiger partial charge in [-0.25, -0.2) is 4.79 Å². The van der Waals surface area contributed by atoms with Gasteiger partial charge in [-0.3, -0.25) is 10.5 Å². The van der Waals surface area contributed by atoms with E-state index < -0.39 is 12.3 Å². The molecule has 5 nitrogen and oxygen atoms in total. The normalized spacial score (nSPS) is 24.6. The van der Waals surface area contributed by atoms with Crippen molar-refractivity contribution in [2.75, 3.05) is 6.54 Å². The van der Waals surface area contributed by atoms with Crippen molar-refractivity contribution < 1.29 is 15.1 Å². The van der Waals surface area contributed by atoms with Gasteiger partial charge in [-0.15, -0.1) is 0 Å². The van der Waals surface area contributed by atoms with Crippen LogP contribution in [-0.4, -0.2) is 34.2 Å². The Balaban J connectivity index is 2.38. The van der Waals surface area contributed by atoms with Crippen LogP contribution in [0.3, 0.4) is 0 Å². The third-order valence-electron chi connectivity index (χ3n) is 1.78. The lowest BCUT2D eigenvalue weighted by Crippen LogP contribution is -2.48. The van der Waals surface area contributed by atoms with E-state index in [-0.39, 0.29) is 0 Å². The highest BCUT2D eigenvalue weighted by molar-refractivity contribution is 5.63. The molecule has 0 aromatic carbocycles. The molecular weight excluding hydrogens is 148 g/mol. The lowest BCUT2D eigenvalue weighted by Gasteiger charge is -2.27. The highest BCUT2D eigenvalue weighted by Crippen LogP contribution is 2.09. The minimum absolute atomic E-state index is 0.332. The maximum Gasteiger partial charge on any atom is 0.432 e. The topological polar surface area (TPSA) is 72.8 Å². The first kappa shape index (κ1) is 8.29. The molecule has 0 spiro atoms. The van der Waals surface area contributed by atoms with Crippen LogP contribution in [-0.2, 0) is 0 Å². The minimum atomic E-state index is -1.30. The molecule has 1 saturated heterocycles. The monoisotopic (exact) mass is 160 g/mol. The molecule has 1 aliphatic rings. The van der Waals surface area contributed by atoms with E-state index in [0.717, 1.165) is 19.4 Å². The van der Waals surface area contributed by atoms with Crippen LogP contribution in [0.4, 0.5) is 4.79 Å². The molecule has 0 aromatic heterocycles. The second kappa shape index (κ2) is 3.54. The molecule has 0 aromatic rings. The number of amides is 1. The molecule has 1 unspecified atom stereocenters. The molecule has 3 N–H and O–H groups in total. The van der Waals surface area contributed by atoms with Crippen molar-refractivity contribution in [2.45, 2.75) is 25.4 Å². The number of carbonyl (C=O) groups is 1. The van der Waals surface area contributed by atoms with Crippen LogP contribution in [0.15, 0.2) is 0 Å². The van der Waals surface area contributed by atoms with E-state index in [4.69, 9.17) is 10.3 Å². The smallest absolute Gasteiger partial charge is 0.432 e. The molecule has 1 aliphatic heterocycles. The Morgan fingerprint density at radius 2 is 2.27 bits per heavy atom. The molecule has 1 amide bonds. The maximum absolute atomic E-state index is 10.2. The molecule has 0 saturated carbocycles. The summed E-state index contributed by atoms with van der Waals surface area (Å²) in [6.45, 7) is 0.773. The standard InChI is InChI=1S/C6H12N2O3/c9-6(10)8(11)5-3-1-2-4-7-5/h5,7,11H,1-4H2,(H,9,10). The highest BCUT2D eigenvalue weighted by Gasteiger charge is 2.22. The number of carboxylic acid groups (broad SMARTS) is 1. The molecule has 11 heavy (non-hydrogen) atoms. The number of hydroxylamine groups is 2. The van der Waals surface area contributed by atoms with Gasteiger partial charge in [-0.1, -0.05) is 0 Å². The summed E-state index contributed by atoms with van der Waals surface area (Å²) in [6, 6.07) is 0. The fraction of sp³-hybridized carbons (Fsp3) is 0.833. The predicted molar refractivity (Wildman–Crippen MR) is 37.3 cm³/mol. The summed E-state index contributed by atoms with van der Waals surface area (Å²) in [6.07, 6.45) is 0.972. The van der Waals surface area contributed by atoms with Gasteiger partial charge in [0.05, 0.1) is 0 Å². The van der Waals surface area contributed by atoms with Gasteiger partial charge < -0.3 is 5.11 Å². The van der Waals surface area contributed by atoms with Crippen LogP contribution < -0.4 is 5.32 Å². The summed E-state index contributed by atoms with van der Waals surface area (Å²) in [7, 11) is 0. The van der Waals surface area contributed by atoms with E-state index in [1.54, 1.807) is 0 Å². The maximum atomic E-state index is 10.2. The first-order valence-corrected chi connectivity index (χ1v) is 3.66. The van der Waals surface area contributed by atoms with Crippen LogP contribution in [0.25, 0.3) is 0 Å². The summed E-state index contributed by atoms with van der Waals surface area (Å²) in [5, 5.41) is 20.5. The molecule has 1 fully saturated rings. The Labute approximate surface area is 64.6 Å². The van der Waals surface area contributed by atoms with Gasteiger partial charge in [-0.2, -0.15) is 5.06 Å². The fourth-order valence-electron chi connectivity index (χ4n) is 1.18. The van der Waals surface area contributed by atoms with E-state index in [1.165, 1.54) is 0 Å². The van der Waals surface area contributed by atoms with Gasteiger partial charge in [0, 0.05) is 0 Å². The molecule has 1 atom stereocenters. The second-order valence-electron chi connectivity index (χ2n) is 2.59. The summed E-state index contributed by atoms with van der Waals surface area (Å²) in [5.74, 6) is 0. The molecule has 1 rings (SSSR count). The average Bonchev–Trinajstić information content (AvgIpc) is 2.05. The number of hydrogen-bond acceptors (Lipinski definition) is 3. The Morgan fingerprint density at radius 1 is 1.55 bits per heavy atom. The van der Waals surface area contributed by atoms with E-state index in [9.17, 15) is 4.79 Å². The zero-order valence-corrected chi connectivity index (χ0v) is 6.16. The van der Waals surface area contributed by atoms with Gasteiger partial charge >= 0.3 is 6.09 Å². The Kier molecular flexibility index (Phi) is 2.67. The third kappa shape index (κ3) is 2.06. The number of hydrogen-bond donors (Lipinski definition) is 3. The third-order valence-corrected chi connectivity index (χ3v) is 1.78. The molecule has 0 aliphatic carbocycles. The first-order chi connectivity index (χ1) is 5.22. The van der Waals surface area contributed by atoms with Crippen LogP contribution in [0.2, 0.25) is 0 Å². The second-order valence-corrected chi connectivity index (χ2v) is 2.59. The van der Waals surface area contributed by atoms with E-state index >= 15 is 0 Å². The number of piperidine rings is 1. The zero-order chi connectivity index (χ0) is 8.27. The van der Waals surface area contributed by atoms with E-state index in [2.05, 4.69) is 5.32 Å². The lowest BCUT2D eigenvalue weighted by atomic mass is 10.1. The van der Waals surface area contributed by atoms with Crippen molar-refractivity contribution in [1.82, 2.24) is 10.4 Å². The van der Waals surface area contributed by atoms with Crippen molar-refractivity contribution in [3.8, 4) is 0 Å². The Bertz CT molecular complexity index is 145. The van der Waals surface area contributed by atoms with Crippen LogP contribution in [0.1, 0.15) is 19.3 Å². The Morgan fingerprint density at radius 3 is 2.73 bits per heavy atom. The van der Waals surface area contributed by atoms with Crippen LogP contribution in [0.5, 0.6) is 0 Å². The largest absolute Gasteiger partial charge is 0.463 e. The molecule has 5 heteroatoms. The van der Waals surface area contributed by atoms with Gasteiger partial charge in [0.15, 0.2) is 0 Å². The first-order valence-electron chi connectivity index (χ1n) is 3.66. The quantitative estimate of drug-likeness (QED) is 0.385. The fourth-order valence-corrected chi connectivity index (χ4v) is 1.18. The Hall–Kier alpha value is -0.810. The van der Waals surface area contributed by atoms with Crippen molar-refractivity contribution in [3.05, 3.63) is 0 Å². The average molecular weight is 160 g/mol. The molecular formula is C6H12N2O3. The van der Waals surface area contributed by atoms with Gasteiger partial charge in [-0.05, 0) is 25.8 Å². The minimum Gasteiger partial charge on any atom is -0.463 e. The summed E-state index contributed by atoms with van der Waals surface area (Å²) in [5.41, 5.74) is 0. The molecule has 1 heterocycles. The molecule has 0 bridgehead atoms. The van der Waals surface area contributed by atoms with Crippen molar-refractivity contribution in [1.29, 1.82) is 0 Å². The number of nitrogens with zero attached hydrogens (tertiary/aromatic N) is 1. The number of rotatable bonds is 1. The van der Waals surface area contributed by atoms with Gasteiger partial charge in [0.25, 0.3) is 0 Å². The predicted octanol–water partition coefficient (Wildman–Crippen LogP) is 0.455. The van der Waals surface area contributed by atoms with Crippen molar-refractivity contribution in [2.24, 2.45) is 0 Å². The molecule has 0 radical (unpaired) electrons. The van der Waals surface area contributed by atoms with E-state index in [0.29, 0.717) is 11.5 Å². The summed E-state index contributed by atoms with van der Waals surface area (Å²) in [4.78, 5) is 10.2. The van der Waals surface area contributed by atoms with Crippen LogP contribution >= 0.6 is 0 Å².